The molecule has 1 amide bonds. The molecule has 8 heteroatoms. The van der Waals surface area contributed by atoms with Crippen LogP contribution in [0.5, 0.6) is 0 Å². The van der Waals surface area contributed by atoms with Crippen LogP contribution in [-0.4, -0.2) is 70.4 Å². The lowest BCUT2D eigenvalue weighted by Crippen LogP contribution is -2.38. The van der Waals surface area contributed by atoms with Crippen molar-refractivity contribution in [3.8, 4) is 0 Å². The molecule has 6 nitrogen and oxygen atoms in total. The molecule has 1 saturated heterocycles. The summed E-state index contributed by atoms with van der Waals surface area (Å²) >= 11 is 0. The summed E-state index contributed by atoms with van der Waals surface area (Å²) in [6, 6.07) is -0.213. The average Bonchev–Trinajstić information content (AvgIpc) is 3.13. The molecule has 0 aromatic carbocycles. The number of carbonyl (C=O) groups excluding carboxylic acids is 3. The van der Waals surface area contributed by atoms with Crippen molar-refractivity contribution in [2.45, 2.75) is 95.5 Å². The summed E-state index contributed by atoms with van der Waals surface area (Å²) in [7, 11) is 5.01. The number of aliphatic hydroxyl groups is 1. The Labute approximate surface area is 189 Å². The zero-order valence-corrected chi connectivity index (χ0v) is 20.6. The smallest absolute Gasteiger partial charge is 0.223 e. The van der Waals surface area contributed by atoms with Crippen molar-refractivity contribution in [1.82, 2.24) is 4.90 Å². The van der Waals surface area contributed by atoms with Crippen LogP contribution in [0.2, 0.25) is 0 Å². The van der Waals surface area contributed by atoms with Crippen molar-refractivity contribution < 1.29 is 24.2 Å². The third-order valence-electron chi connectivity index (χ3n) is 5.26. The number of nitrogens with zero attached hydrogens (tertiary/aromatic N) is 1. The minimum absolute atomic E-state index is 0.0453. The van der Waals surface area contributed by atoms with E-state index < -0.39 is 0 Å². The Morgan fingerprint density at radius 3 is 2.43 bits per heavy atom. The van der Waals surface area contributed by atoms with Gasteiger partial charge in [-0.25, -0.2) is 0 Å². The molecule has 1 fully saturated rings. The molecule has 1 N–H and O–H groups in total. The van der Waals surface area contributed by atoms with E-state index in [1.807, 2.05) is 13.8 Å². The monoisotopic (exact) mass is 461 g/mol. The van der Waals surface area contributed by atoms with Crippen LogP contribution in [0.4, 0.5) is 0 Å². The van der Waals surface area contributed by atoms with Crippen LogP contribution in [-0.2, 0) is 19.1 Å². The number of aliphatic hydroxyl groups excluding tert-OH is 1. The fraction of sp³-hybridized carbons (Fsp3) is 0.864. The van der Waals surface area contributed by atoms with Gasteiger partial charge in [0.05, 0.1) is 18.8 Å². The van der Waals surface area contributed by atoms with Crippen LogP contribution in [0.1, 0.15) is 78.6 Å². The van der Waals surface area contributed by atoms with E-state index in [2.05, 4.69) is 6.92 Å². The van der Waals surface area contributed by atoms with E-state index in [0.29, 0.717) is 38.0 Å². The molecule has 0 bridgehead atoms. The second-order valence-electron chi connectivity index (χ2n) is 8.60. The lowest BCUT2D eigenvalue weighted by molar-refractivity contribution is -0.135. The molecule has 30 heavy (non-hydrogen) atoms. The molecule has 174 valence electrons. The van der Waals surface area contributed by atoms with Gasteiger partial charge in [-0.2, -0.15) is 0 Å². The molecule has 1 aliphatic rings. The summed E-state index contributed by atoms with van der Waals surface area (Å²) in [5.41, 5.74) is 0. The number of ketones is 2. The molecule has 2 atom stereocenters. The number of hydrogen-bond donors (Lipinski definition) is 1. The Kier molecular flexibility index (Phi) is 13.3. The highest BCUT2D eigenvalue weighted by Gasteiger charge is 2.34. The second-order valence-corrected chi connectivity index (χ2v) is 11.7. The van der Waals surface area contributed by atoms with Crippen LogP contribution in [0.15, 0.2) is 0 Å². The Bertz CT molecular complexity index is 556. The third kappa shape index (κ3) is 10.6. The summed E-state index contributed by atoms with van der Waals surface area (Å²) in [6.07, 6.45) is 5.65. The van der Waals surface area contributed by atoms with E-state index in [4.69, 9.17) is 4.74 Å². The molecular formula is C22H39NO5S2. The van der Waals surface area contributed by atoms with Gasteiger partial charge < -0.3 is 14.7 Å². The first kappa shape index (κ1) is 27.5. The van der Waals surface area contributed by atoms with Crippen LogP contribution in [0.3, 0.4) is 0 Å². The van der Waals surface area contributed by atoms with Crippen molar-refractivity contribution in [2.75, 3.05) is 26.0 Å². The van der Waals surface area contributed by atoms with Gasteiger partial charge in [0, 0.05) is 56.3 Å². The predicted molar refractivity (Wildman–Crippen MR) is 125 cm³/mol. The molecule has 0 aromatic heterocycles. The molecular weight excluding hydrogens is 422 g/mol. The molecule has 0 unspecified atom stereocenters. The van der Waals surface area contributed by atoms with E-state index in [1.54, 1.807) is 33.6 Å². The van der Waals surface area contributed by atoms with Gasteiger partial charge in [0.15, 0.2) is 0 Å². The number of hydrogen-bond acceptors (Lipinski definition) is 7. The van der Waals surface area contributed by atoms with Crippen LogP contribution in [0, 0.1) is 0 Å². The van der Waals surface area contributed by atoms with Crippen LogP contribution >= 0.6 is 21.6 Å². The highest BCUT2D eigenvalue weighted by molar-refractivity contribution is 8.77. The zero-order valence-electron chi connectivity index (χ0n) is 19.0. The van der Waals surface area contributed by atoms with E-state index >= 15 is 0 Å². The molecule has 1 aliphatic heterocycles. The molecule has 0 radical (unpaired) electrons. The van der Waals surface area contributed by atoms with E-state index in [0.717, 1.165) is 25.0 Å². The number of methoxy groups -OCH3 is 1. The molecule has 1 rings (SSSR count). The van der Waals surface area contributed by atoms with E-state index in [9.17, 15) is 19.5 Å². The van der Waals surface area contributed by atoms with Gasteiger partial charge in [-0.15, -0.1) is 0 Å². The average molecular weight is 462 g/mol. The highest BCUT2D eigenvalue weighted by Crippen LogP contribution is 2.39. The van der Waals surface area contributed by atoms with Gasteiger partial charge in [-0.1, -0.05) is 34.9 Å². The van der Waals surface area contributed by atoms with Crippen molar-refractivity contribution in [2.24, 2.45) is 0 Å². The second kappa shape index (κ2) is 14.5. The maximum atomic E-state index is 12.5. The number of amides is 1. The summed E-state index contributed by atoms with van der Waals surface area (Å²) in [5.74, 6) is 1.24. The van der Waals surface area contributed by atoms with E-state index in [1.165, 1.54) is 0 Å². The van der Waals surface area contributed by atoms with E-state index in [-0.39, 0.29) is 48.0 Å². The first-order valence-electron chi connectivity index (χ1n) is 11.0. The Balaban J connectivity index is 2.26. The Hall–Kier alpha value is -0.570. The van der Waals surface area contributed by atoms with Gasteiger partial charge in [0.1, 0.15) is 11.6 Å². The maximum absolute atomic E-state index is 12.5. The predicted octanol–water partition coefficient (Wildman–Crippen LogP) is 4.03. The molecule has 0 spiro atoms. The third-order valence-corrected chi connectivity index (χ3v) is 8.63. The SMILES string of the molecule is CCCCC(=O)CCCSSC(C)(C)CC(=O)CCC(=O)N1C[C@H](OC)C[C@H]1CO. The lowest BCUT2D eigenvalue weighted by atomic mass is 10.0. The summed E-state index contributed by atoms with van der Waals surface area (Å²) in [5, 5.41) is 9.48. The number of unbranched alkanes of at least 4 members (excludes halogenated alkanes) is 1. The first-order valence-corrected chi connectivity index (χ1v) is 13.3. The highest BCUT2D eigenvalue weighted by atomic mass is 33.1. The largest absolute Gasteiger partial charge is 0.394 e. The van der Waals surface area contributed by atoms with Crippen LogP contribution < -0.4 is 0 Å². The molecule has 0 aliphatic carbocycles. The standard InChI is InChI=1S/C22H39NO5S2/c1-5-6-8-18(25)9-7-12-29-30-22(2,3)14-19(26)10-11-21(27)23-15-20(28-4)13-17(23)16-24/h17,20,24H,5-16H2,1-4H3/t17-,20+/m0/s1. The van der Waals surface area contributed by atoms with Crippen molar-refractivity contribution in [3.63, 3.8) is 0 Å². The summed E-state index contributed by atoms with van der Waals surface area (Å²) < 4.78 is 5.10. The topological polar surface area (TPSA) is 83.9 Å². The zero-order chi connectivity index (χ0) is 22.6. The number of Topliss-reactive ketones (excluding diaryl/α,β-unsaturated/α-hetero) is 2. The molecule has 1 heterocycles. The first-order chi connectivity index (χ1) is 14.2. The Morgan fingerprint density at radius 1 is 1.10 bits per heavy atom. The number of carbonyl (C=O) groups is 3. The van der Waals surface area contributed by atoms with Gasteiger partial charge >= 0.3 is 0 Å². The minimum Gasteiger partial charge on any atom is -0.394 e. The quantitative estimate of drug-likeness (QED) is 0.274. The maximum Gasteiger partial charge on any atom is 0.223 e. The lowest BCUT2D eigenvalue weighted by Gasteiger charge is -2.24. The normalized spacial score (nSPS) is 19.3. The minimum atomic E-state index is -0.213. The number of ether oxygens (including phenoxy) is 1. The summed E-state index contributed by atoms with van der Waals surface area (Å²) in [6.45, 7) is 6.58. The van der Waals surface area contributed by atoms with Gasteiger partial charge in [0.25, 0.3) is 0 Å². The summed E-state index contributed by atoms with van der Waals surface area (Å²) in [4.78, 5) is 38.2. The molecule has 0 saturated carbocycles. The van der Waals surface area contributed by atoms with Crippen molar-refractivity contribution >= 4 is 39.1 Å². The van der Waals surface area contributed by atoms with Crippen molar-refractivity contribution in [1.29, 1.82) is 0 Å². The van der Waals surface area contributed by atoms with Gasteiger partial charge in [-0.3, -0.25) is 14.4 Å². The Morgan fingerprint density at radius 2 is 1.80 bits per heavy atom. The fourth-order valence-corrected chi connectivity index (χ4v) is 6.16. The molecule has 0 aromatic rings. The van der Waals surface area contributed by atoms with Crippen LogP contribution in [0.25, 0.3) is 0 Å². The number of likely N-dealkylation sites (tertiary alicyclic amines) is 1. The van der Waals surface area contributed by atoms with Crippen molar-refractivity contribution in [3.05, 3.63) is 0 Å². The van der Waals surface area contributed by atoms with Gasteiger partial charge in [0.2, 0.25) is 5.91 Å². The fourth-order valence-electron chi connectivity index (χ4n) is 3.53. The van der Waals surface area contributed by atoms with Gasteiger partial charge in [-0.05, 0) is 33.1 Å². The number of rotatable bonds is 16.